The fourth-order valence-electron chi connectivity index (χ4n) is 6.28. The predicted molar refractivity (Wildman–Crippen MR) is 157 cm³/mol. The van der Waals surface area contributed by atoms with E-state index in [4.69, 9.17) is 0 Å². The topological polar surface area (TPSA) is 24.1 Å². The Morgan fingerprint density at radius 1 is 0.886 bits per heavy atom. The smallest absolute Gasteiger partial charge is 0 e. The van der Waals surface area contributed by atoms with E-state index in [9.17, 15) is 0 Å². The second-order valence-electron chi connectivity index (χ2n) is 12.4. The van der Waals surface area contributed by atoms with Crippen molar-refractivity contribution in [3.63, 3.8) is 0 Å². The monoisotopic (exact) mass is 556 g/mol. The standard InChI is InChI=1S/C25H45N2P2.C5H5.Fe/c1-23(2,3)29(24(4,5)6)18-19-10-7-13-22(19)25(28,20-11-8-14-26-16-20)21-12-9-15-27-17-21;1-2-4-5-3-1;/h7,10,13,20-21,26-27H,8-9,11-12,14-18,28H2,1-6H3;1-5H;/q-1;-5;. The molecule has 0 aromatic heterocycles. The minimum Gasteiger partial charge on any atom is -0.748 e. The fourth-order valence-corrected chi connectivity index (χ4v) is 10.7. The third-order valence-corrected chi connectivity index (χ3v) is 13.0. The summed E-state index contributed by atoms with van der Waals surface area (Å²) < 4.78 is 0. The minimum atomic E-state index is -0.132. The molecular formula is C30H50FeN2P2-6. The molecule has 0 aliphatic carbocycles. The molecule has 3 atom stereocenters. The summed E-state index contributed by atoms with van der Waals surface area (Å²) in [5, 5.41) is 8.36. The van der Waals surface area contributed by atoms with Crippen LogP contribution in [0.1, 0.15) is 78.4 Å². The zero-order valence-electron chi connectivity index (χ0n) is 23.0. The molecule has 2 heterocycles. The van der Waals surface area contributed by atoms with Crippen LogP contribution in [0.2, 0.25) is 0 Å². The van der Waals surface area contributed by atoms with E-state index in [1.807, 2.05) is 30.3 Å². The summed E-state index contributed by atoms with van der Waals surface area (Å²) in [6, 6.07) is 17.3. The van der Waals surface area contributed by atoms with Gasteiger partial charge in [-0.25, -0.2) is 12.1 Å². The summed E-state index contributed by atoms with van der Waals surface area (Å²) in [6.07, 6.45) is 6.58. The minimum absolute atomic E-state index is 0. The van der Waals surface area contributed by atoms with E-state index in [1.54, 1.807) is 11.1 Å². The number of hydrogen-bond donors (Lipinski definition) is 2. The summed E-state index contributed by atoms with van der Waals surface area (Å²) in [5.41, 5.74) is 3.28. The van der Waals surface area contributed by atoms with Crippen LogP contribution in [0, 0.1) is 11.8 Å². The molecule has 2 nitrogen and oxygen atoms in total. The van der Waals surface area contributed by atoms with Crippen LogP contribution in [0.5, 0.6) is 0 Å². The molecule has 0 radical (unpaired) electrons. The van der Waals surface area contributed by atoms with Gasteiger partial charge < -0.3 is 41.0 Å². The van der Waals surface area contributed by atoms with E-state index in [0.717, 1.165) is 13.1 Å². The van der Waals surface area contributed by atoms with Crippen molar-refractivity contribution in [2.24, 2.45) is 11.8 Å². The molecule has 0 bridgehead atoms. The van der Waals surface area contributed by atoms with Gasteiger partial charge in [0.1, 0.15) is 0 Å². The molecule has 0 amide bonds. The number of nitrogens with one attached hydrogen (secondary N) is 2. The van der Waals surface area contributed by atoms with Gasteiger partial charge >= 0.3 is 0 Å². The van der Waals surface area contributed by atoms with Crippen LogP contribution in [0.4, 0.5) is 0 Å². The molecule has 2 aromatic rings. The molecule has 2 aromatic carbocycles. The number of hydrogen-bond acceptors (Lipinski definition) is 2. The molecule has 4 rings (SSSR count). The molecule has 2 N–H and O–H groups in total. The van der Waals surface area contributed by atoms with Crippen molar-refractivity contribution in [1.82, 2.24) is 10.6 Å². The molecule has 2 fully saturated rings. The van der Waals surface area contributed by atoms with Gasteiger partial charge in [-0.2, -0.15) is 11.6 Å². The Morgan fingerprint density at radius 3 is 1.71 bits per heavy atom. The van der Waals surface area contributed by atoms with E-state index >= 15 is 0 Å². The largest absolute Gasteiger partial charge is 0.748 e. The SMILES string of the molecule is CC(C)(C)P(C[c-]1cccc1C(P)(C1CCCNC1)C1CCCNC1)C(C)(C)C.[Fe].[cH-]1[cH-][cH-][cH-][cH-]1. The van der Waals surface area contributed by atoms with Crippen LogP contribution < -0.4 is 10.6 Å². The maximum atomic E-state index is 3.72. The van der Waals surface area contributed by atoms with E-state index in [0.29, 0.717) is 22.1 Å². The van der Waals surface area contributed by atoms with Crippen molar-refractivity contribution in [1.29, 1.82) is 0 Å². The Morgan fingerprint density at radius 2 is 1.34 bits per heavy atom. The van der Waals surface area contributed by atoms with Gasteiger partial charge in [0.2, 0.25) is 0 Å². The first-order valence-corrected chi connectivity index (χ1v) is 15.5. The second-order valence-corrected chi connectivity index (χ2v) is 17.2. The molecule has 2 saturated heterocycles. The van der Waals surface area contributed by atoms with Gasteiger partial charge in [-0.3, -0.25) is 0 Å². The van der Waals surface area contributed by atoms with Gasteiger partial charge in [-0.1, -0.05) is 47.7 Å². The van der Waals surface area contributed by atoms with Gasteiger partial charge in [0.15, 0.2) is 0 Å². The van der Waals surface area contributed by atoms with Gasteiger partial charge in [0.05, 0.1) is 0 Å². The van der Waals surface area contributed by atoms with Gasteiger partial charge in [0.25, 0.3) is 0 Å². The maximum absolute atomic E-state index is 3.72. The maximum Gasteiger partial charge on any atom is 0 e. The molecule has 0 saturated carbocycles. The van der Waals surface area contributed by atoms with Gasteiger partial charge in [-0.05, 0) is 79.2 Å². The molecule has 5 heteroatoms. The molecule has 2 aliphatic heterocycles. The molecule has 3 unspecified atom stereocenters. The van der Waals surface area contributed by atoms with Crippen LogP contribution in [0.3, 0.4) is 0 Å². The zero-order chi connectivity index (χ0) is 24.8. The van der Waals surface area contributed by atoms with Crippen molar-refractivity contribution in [3.05, 3.63) is 59.7 Å². The van der Waals surface area contributed by atoms with E-state index in [1.165, 1.54) is 44.9 Å². The fraction of sp³-hybridized carbons (Fsp3) is 0.667. The predicted octanol–water partition coefficient (Wildman–Crippen LogP) is 7.46. The summed E-state index contributed by atoms with van der Waals surface area (Å²) in [4.78, 5) is 0. The van der Waals surface area contributed by atoms with Crippen LogP contribution in [-0.4, -0.2) is 36.5 Å². The van der Waals surface area contributed by atoms with Gasteiger partial charge in [-0.15, -0.1) is 22.7 Å². The van der Waals surface area contributed by atoms with E-state index in [-0.39, 0.29) is 30.1 Å². The van der Waals surface area contributed by atoms with Crippen molar-refractivity contribution >= 4 is 17.2 Å². The van der Waals surface area contributed by atoms with Crippen molar-refractivity contribution in [3.8, 4) is 0 Å². The third-order valence-electron chi connectivity index (χ3n) is 7.82. The van der Waals surface area contributed by atoms with E-state index in [2.05, 4.69) is 79.6 Å². The van der Waals surface area contributed by atoms with Crippen molar-refractivity contribution in [2.45, 2.75) is 88.9 Å². The summed E-state index contributed by atoms with van der Waals surface area (Å²) in [6.45, 7) is 19.4. The summed E-state index contributed by atoms with van der Waals surface area (Å²) in [7, 11) is 3.31. The first kappa shape index (κ1) is 31.2. The Labute approximate surface area is 230 Å². The average Bonchev–Trinajstić information content (AvgIpc) is 3.52. The first-order chi connectivity index (χ1) is 16.0. The quantitative estimate of drug-likeness (QED) is 0.227. The number of piperidine rings is 2. The first-order valence-electron chi connectivity index (χ1n) is 13.4. The number of rotatable bonds is 5. The Kier molecular flexibility index (Phi) is 12.2. The Hall–Kier alpha value is -0.000519. The van der Waals surface area contributed by atoms with E-state index < -0.39 is 0 Å². The molecule has 2 aliphatic rings. The van der Waals surface area contributed by atoms with Crippen molar-refractivity contribution in [2.75, 3.05) is 26.2 Å². The average molecular weight is 557 g/mol. The Bertz CT molecular complexity index is 770. The van der Waals surface area contributed by atoms with Crippen LogP contribution in [-0.2, 0) is 28.4 Å². The van der Waals surface area contributed by atoms with Crippen LogP contribution in [0.15, 0.2) is 48.5 Å². The second kappa shape index (κ2) is 13.7. The normalized spacial score (nSPS) is 23.1. The van der Waals surface area contributed by atoms with Gasteiger partial charge in [0, 0.05) is 17.1 Å². The molecule has 35 heavy (non-hydrogen) atoms. The molecular weight excluding hydrogens is 506 g/mol. The molecule has 0 spiro atoms. The summed E-state index contributed by atoms with van der Waals surface area (Å²) >= 11 is 0. The summed E-state index contributed by atoms with van der Waals surface area (Å²) in [5.74, 6) is 1.42. The Balaban J connectivity index is 0.000000640. The zero-order valence-corrected chi connectivity index (χ0v) is 26.2. The third kappa shape index (κ3) is 8.24. The molecule has 204 valence electrons. The van der Waals surface area contributed by atoms with Crippen molar-refractivity contribution < 1.29 is 17.1 Å². The van der Waals surface area contributed by atoms with Crippen LogP contribution >= 0.6 is 17.2 Å². The van der Waals surface area contributed by atoms with Crippen LogP contribution in [0.25, 0.3) is 0 Å².